The van der Waals surface area contributed by atoms with Gasteiger partial charge in [-0.15, -0.1) is 0 Å². The maximum Gasteiger partial charge on any atom is 0.315 e. The predicted octanol–water partition coefficient (Wildman–Crippen LogP) is 6.82. The standard InChI is InChI=1S/C47H50FN9O5/c1-25-17-33(35(48)21-32(25)26(2)51-44(60)45-54-46(55-62-45)47(3)11-12-47)41-40-34-22-38(61-4)37(23-36(34)52-42(40)50-24-49-41)57-15-13-56(14-16-57)31-19-30(20-31)28-7-5-27(6-8-28)18-29-9-10-39(58)53-43(29)59/h5-8,17,21-24,26,29-31H,9-16,18-20H2,1-4H3,(H,51,60)(H,49,50,52)(H,53,58,59)/t26-,29+,30?,31?/m1/s1. The number of benzene rings is 3. The van der Waals surface area contributed by atoms with Crippen LogP contribution in [0.3, 0.4) is 0 Å². The molecule has 6 aromatic rings. The number of aromatic nitrogens is 5. The van der Waals surface area contributed by atoms with Gasteiger partial charge in [0.05, 0.1) is 35.4 Å². The van der Waals surface area contributed by atoms with E-state index in [4.69, 9.17) is 9.26 Å². The van der Waals surface area contributed by atoms with Crippen molar-refractivity contribution in [2.75, 3.05) is 38.2 Å². The van der Waals surface area contributed by atoms with Gasteiger partial charge in [0.25, 0.3) is 0 Å². The van der Waals surface area contributed by atoms with E-state index in [0.717, 1.165) is 85.3 Å². The lowest BCUT2D eigenvalue weighted by atomic mass is 9.74. The summed E-state index contributed by atoms with van der Waals surface area (Å²) in [5, 5.41) is 10.9. The summed E-state index contributed by atoms with van der Waals surface area (Å²) in [5.41, 5.74) is 6.99. The number of hydrogen-bond donors (Lipinski definition) is 3. The van der Waals surface area contributed by atoms with Crippen LogP contribution in [0.15, 0.2) is 59.4 Å². The summed E-state index contributed by atoms with van der Waals surface area (Å²) in [4.78, 5) is 58.7. The van der Waals surface area contributed by atoms with Gasteiger partial charge in [0.15, 0.2) is 5.82 Å². The second-order valence-electron chi connectivity index (χ2n) is 17.9. The van der Waals surface area contributed by atoms with Gasteiger partial charge >= 0.3 is 11.8 Å². The van der Waals surface area contributed by atoms with Crippen LogP contribution >= 0.6 is 0 Å². The number of halogens is 1. The Morgan fingerprint density at radius 3 is 2.56 bits per heavy atom. The molecule has 0 bridgehead atoms. The Labute approximate surface area is 358 Å². The fourth-order valence-corrected chi connectivity index (χ4v) is 9.64. The molecule has 2 aliphatic heterocycles. The predicted molar refractivity (Wildman–Crippen MR) is 230 cm³/mol. The second kappa shape index (κ2) is 15.6. The van der Waals surface area contributed by atoms with Crippen molar-refractivity contribution >= 4 is 45.3 Å². The lowest BCUT2D eigenvalue weighted by Crippen LogP contribution is -2.53. The van der Waals surface area contributed by atoms with Crippen molar-refractivity contribution in [1.82, 2.24) is 40.6 Å². The molecule has 4 fully saturated rings. The molecule has 0 radical (unpaired) electrons. The van der Waals surface area contributed by atoms with E-state index in [0.29, 0.717) is 64.9 Å². The molecule has 5 heterocycles. The number of aromatic amines is 1. The summed E-state index contributed by atoms with van der Waals surface area (Å²) >= 11 is 0. The zero-order valence-electron chi connectivity index (χ0n) is 35.4. The smallest absolute Gasteiger partial charge is 0.315 e. The number of ether oxygens (including phenoxy) is 1. The van der Waals surface area contributed by atoms with Crippen LogP contribution in [0, 0.1) is 18.7 Å². The van der Waals surface area contributed by atoms with Gasteiger partial charge in [-0.3, -0.25) is 24.6 Å². The maximum absolute atomic E-state index is 16.2. The van der Waals surface area contributed by atoms with Gasteiger partial charge in [0, 0.05) is 60.9 Å². The Hall–Kier alpha value is -6.22. The molecule has 4 aliphatic rings. The number of hydrogen-bond acceptors (Lipinski definition) is 11. The first kappa shape index (κ1) is 39.9. The highest BCUT2D eigenvalue weighted by molar-refractivity contribution is 6.13. The lowest BCUT2D eigenvalue weighted by Gasteiger charge is -2.47. The van der Waals surface area contributed by atoms with Crippen LogP contribution in [0.25, 0.3) is 33.2 Å². The van der Waals surface area contributed by atoms with E-state index in [9.17, 15) is 14.4 Å². The Kier molecular flexibility index (Phi) is 10.0. The van der Waals surface area contributed by atoms with Crippen LogP contribution in [0.1, 0.15) is 103 Å². The number of piperazine rings is 1. The van der Waals surface area contributed by atoms with Gasteiger partial charge in [-0.25, -0.2) is 14.4 Å². The maximum atomic E-state index is 16.2. The fraction of sp³-hybridized carbons (Fsp3) is 0.426. The first-order valence-electron chi connectivity index (χ1n) is 21.7. The van der Waals surface area contributed by atoms with Crippen molar-refractivity contribution in [3.05, 3.63) is 94.6 Å². The molecule has 2 saturated carbocycles. The first-order valence-corrected chi connectivity index (χ1v) is 21.7. The van der Waals surface area contributed by atoms with Gasteiger partial charge < -0.3 is 24.5 Å². The number of imide groups is 1. The topological polar surface area (TPSA) is 171 Å². The number of amides is 3. The number of methoxy groups -OCH3 is 1. The Morgan fingerprint density at radius 1 is 1.06 bits per heavy atom. The third-order valence-electron chi connectivity index (χ3n) is 13.8. The van der Waals surface area contributed by atoms with Crippen molar-refractivity contribution in [2.24, 2.45) is 5.92 Å². The van der Waals surface area contributed by atoms with Crippen LogP contribution in [0.4, 0.5) is 10.1 Å². The molecule has 2 atom stereocenters. The van der Waals surface area contributed by atoms with Crippen LogP contribution in [0.2, 0.25) is 0 Å². The van der Waals surface area contributed by atoms with E-state index in [-0.39, 0.29) is 29.0 Å². The molecule has 0 unspecified atom stereocenters. The molecule has 2 saturated heterocycles. The molecule has 3 aromatic carbocycles. The van der Waals surface area contributed by atoms with E-state index >= 15 is 4.39 Å². The minimum absolute atomic E-state index is 0.105. The largest absolute Gasteiger partial charge is 0.495 e. The Bertz CT molecular complexity index is 2730. The summed E-state index contributed by atoms with van der Waals surface area (Å²) < 4.78 is 27.5. The van der Waals surface area contributed by atoms with Gasteiger partial charge in [0.1, 0.15) is 23.5 Å². The van der Waals surface area contributed by atoms with Crippen molar-refractivity contribution in [3.63, 3.8) is 0 Å². The number of piperidine rings is 1. The molecule has 0 spiro atoms. The SMILES string of the molecule is COc1cc2c(cc1N1CCN(C3CC(c4ccc(C[C@@H]5CCC(=O)NC5=O)cc4)C3)CC1)[nH]c1ncnc(-c3cc(C)c([C@@H](C)NC(=O)c4nc(C5(C)CC5)no4)cc3F)c12. The second-order valence-corrected chi connectivity index (χ2v) is 17.9. The zero-order valence-corrected chi connectivity index (χ0v) is 35.4. The average molecular weight is 840 g/mol. The number of aryl methyl sites for hydroxylation is 1. The van der Waals surface area contributed by atoms with Gasteiger partial charge in [-0.1, -0.05) is 36.3 Å². The van der Waals surface area contributed by atoms with E-state index in [1.165, 1.54) is 18.0 Å². The molecular weight excluding hydrogens is 790 g/mol. The van der Waals surface area contributed by atoms with E-state index in [1.54, 1.807) is 20.1 Å². The number of nitrogens with zero attached hydrogens (tertiary/aromatic N) is 6. The lowest BCUT2D eigenvalue weighted by molar-refractivity contribution is -0.136. The third kappa shape index (κ3) is 7.35. The number of carbonyl (C=O) groups is 3. The summed E-state index contributed by atoms with van der Waals surface area (Å²) in [5.74, 6) is 0.232. The van der Waals surface area contributed by atoms with Gasteiger partial charge in [-0.05, 0) is 105 Å². The molecular formula is C47H50FN9O5. The van der Waals surface area contributed by atoms with Crippen molar-refractivity contribution in [1.29, 1.82) is 0 Å². The van der Waals surface area contributed by atoms with Gasteiger partial charge in [0.2, 0.25) is 11.8 Å². The van der Waals surface area contributed by atoms with E-state index in [1.807, 2.05) is 19.9 Å². The van der Waals surface area contributed by atoms with Crippen molar-refractivity contribution in [2.45, 2.75) is 89.1 Å². The monoisotopic (exact) mass is 839 g/mol. The van der Waals surface area contributed by atoms with Crippen LogP contribution in [-0.2, 0) is 21.4 Å². The van der Waals surface area contributed by atoms with Crippen LogP contribution in [0.5, 0.6) is 5.75 Å². The fourth-order valence-electron chi connectivity index (χ4n) is 9.64. The van der Waals surface area contributed by atoms with Crippen molar-refractivity contribution in [3.8, 4) is 17.0 Å². The minimum atomic E-state index is -0.532. The normalized spacial score (nSPS) is 21.8. The van der Waals surface area contributed by atoms with Crippen molar-refractivity contribution < 1.29 is 28.0 Å². The summed E-state index contributed by atoms with van der Waals surface area (Å²) in [6.07, 6.45) is 7.29. The number of fused-ring (bicyclic) bond motifs is 3. The molecule has 3 N–H and O–H groups in total. The van der Waals surface area contributed by atoms with Crippen LogP contribution in [-0.4, -0.2) is 87.0 Å². The molecule has 10 rings (SSSR count). The van der Waals surface area contributed by atoms with E-state index in [2.05, 4.69) is 75.9 Å². The highest BCUT2D eigenvalue weighted by Crippen LogP contribution is 2.46. The molecule has 3 aromatic heterocycles. The Balaban J connectivity index is 0.803. The molecule has 62 heavy (non-hydrogen) atoms. The number of anilines is 1. The van der Waals surface area contributed by atoms with Crippen LogP contribution < -0.4 is 20.3 Å². The highest BCUT2D eigenvalue weighted by atomic mass is 19.1. The molecule has 3 amide bonds. The first-order chi connectivity index (χ1) is 29.9. The average Bonchev–Trinajstić information content (AvgIpc) is 3.62. The molecule has 14 nitrogen and oxygen atoms in total. The summed E-state index contributed by atoms with van der Waals surface area (Å²) in [6.45, 7) is 9.33. The Morgan fingerprint density at radius 2 is 1.84 bits per heavy atom. The minimum Gasteiger partial charge on any atom is -0.495 e. The molecule has 15 heteroatoms. The molecule has 2 aliphatic carbocycles. The number of nitrogens with one attached hydrogen (secondary N) is 3. The number of carbonyl (C=O) groups excluding carboxylic acids is 3. The third-order valence-corrected chi connectivity index (χ3v) is 13.8. The summed E-state index contributed by atoms with van der Waals surface area (Å²) in [6, 6.07) is 16.0. The number of rotatable bonds is 11. The highest BCUT2D eigenvalue weighted by Gasteiger charge is 2.44. The number of H-pyrrole nitrogens is 1. The van der Waals surface area contributed by atoms with Gasteiger partial charge in [-0.2, -0.15) is 4.98 Å². The quantitative estimate of drug-likeness (QED) is 0.117. The summed E-state index contributed by atoms with van der Waals surface area (Å²) in [7, 11) is 1.68. The zero-order chi connectivity index (χ0) is 42.9. The molecule has 320 valence electrons. The van der Waals surface area contributed by atoms with E-state index < -0.39 is 17.8 Å².